The summed E-state index contributed by atoms with van der Waals surface area (Å²) in [4.78, 5) is 26.5. The van der Waals surface area contributed by atoms with E-state index in [0.717, 1.165) is 18.2 Å². The van der Waals surface area contributed by atoms with E-state index in [9.17, 15) is 19.1 Å². The topological polar surface area (TPSA) is 60.9 Å². The standard InChI is InChI=1S/C13H15FN2O3/c1-9(17)15-4-6-16(7-5-15)13(19)11-8-10(14)2-3-12(11)18/h2-3,8,18H,4-7H2,1H3. The van der Waals surface area contributed by atoms with E-state index in [1.165, 1.54) is 11.8 Å². The van der Waals surface area contributed by atoms with Gasteiger partial charge in [0.05, 0.1) is 5.56 Å². The van der Waals surface area contributed by atoms with Crippen LogP contribution in [0.1, 0.15) is 17.3 Å². The lowest BCUT2D eigenvalue weighted by atomic mass is 10.1. The molecule has 0 atom stereocenters. The molecule has 0 aliphatic carbocycles. The van der Waals surface area contributed by atoms with Crippen molar-refractivity contribution in [1.82, 2.24) is 9.80 Å². The Bertz CT molecular complexity index is 511. The lowest BCUT2D eigenvalue weighted by molar-refractivity contribution is -0.130. The van der Waals surface area contributed by atoms with Crippen LogP contribution in [0.2, 0.25) is 0 Å². The summed E-state index contributed by atoms with van der Waals surface area (Å²) >= 11 is 0. The smallest absolute Gasteiger partial charge is 0.257 e. The highest BCUT2D eigenvalue weighted by Gasteiger charge is 2.25. The van der Waals surface area contributed by atoms with Crippen molar-refractivity contribution in [3.63, 3.8) is 0 Å². The van der Waals surface area contributed by atoms with Gasteiger partial charge in [-0.3, -0.25) is 9.59 Å². The number of carbonyl (C=O) groups is 2. The van der Waals surface area contributed by atoms with Crippen LogP contribution in [-0.4, -0.2) is 52.9 Å². The molecule has 1 heterocycles. The van der Waals surface area contributed by atoms with Crippen LogP contribution >= 0.6 is 0 Å². The van der Waals surface area contributed by atoms with E-state index in [4.69, 9.17) is 0 Å². The maximum Gasteiger partial charge on any atom is 0.257 e. The van der Waals surface area contributed by atoms with Crippen LogP contribution < -0.4 is 0 Å². The molecule has 1 fully saturated rings. The van der Waals surface area contributed by atoms with Gasteiger partial charge in [0.25, 0.3) is 5.91 Å². The Balaban J connectivity index is 2.09. The number of aromatic hydroxyl groups is 1. The molecule has 0 unspecified atom stereocenters. The van der Waals surface area contributed by atoms with Gasteiger partial charge in [-0.2, -0.15) is 0 Å². The van der Waals surface area contributed by atoms with Gasteiger partial charge in [-0.25, -0.2) is 4.39 Å². The Morgan fingerprint density at radius 2 is 1.74 bits per heavy atom. The average Bonchev–Trinajstić information content (AvgIpc) is 2.41. The van der Waals surface area contributed by atoms with Crippen molar-refractivity contribution in [2.45, 2.75) is 6.92 Å². The van der Waals surface area contributed by atoms with E-state index >= 15 is 0 Å². The van der Waals surface area contributed by atoms with E-state index in [1.54, 1.807) is 4.90 Å². The Kier molecular flexibility index (Phi) is 3.69. The molecule has 6 heteroatoms. The Morgan fingerprint density at radius 1 is 1.16 bits per heavy atom. The fourth-order valence-corrected chi connectivity index (χ4v) is 2.07. The SMILES string of the molecule is CC(=O)N1CCN(C(=O)c2cc(F)ccc2O)CC1. The number of nitrogens with zero attached hydrogens (tertiary/aromatic N) is 2. The zero-order valence-corrected chi connectivity index (χ0v) is 10.6. The Labute approximate surface area is 110 Å². The maximum absolute atomic E-state index is 13.1. The zero-order chi connectivity index (χ0) is 14.0. The molecule has 0 spiro atoms. The summed E-state index contributed by atoms with van der Waals surface area (Å²) in [5.41, 5.74) is -0.0451. The van der Waals surface area contributed by atoms with Gasteiger partial charge >= 0.3 is 0 Å². The third kappa shape index (κ3) is 2.83. The number of phenols is 1. The summed E-state index contributed by atoms with van der Waals surface area (Å²) in [6.45, 7) is 3.16. The minimum absolute atomic E-state index is 0.0271. The summed E-state index contributed by atoms with van der Waals surface area (Å²) in [6, 6.07) is 3.28. The second-order valence-corrected chi connectivity index (χ2v) is 4.46. The highest BCUT2D eigenvalue weighted by Crippen LogP contribution is 2.20. The highest BCUT2D eigenvalue weighted by molar-refractivity contribution is 5.97. The molecule has 1 aromatic carbocycles. The first-order chi connectivity index (χ1) is 8.99. The molecule has 1 aromatic rings. The van der Waals surface area contributed by atoms with Crippen LogP contribution in [0.5, 0.6) is 5.75 Å². The number of hydrogen-bond acceptors (Lipinski definition) is 3. The Morgan fingerprint density at radius 3 is 2.32 bits per heavy atom. The molecule has 1 aliphatic heterocycles. The van der Waals surface area contributed by atoms with Crippen molar-refractivity contribution >= 4 is 11.8 Å². The van der Waals surface area contributed by atoms with Crippen molar-refractivity contribution < 1.29 is 19.1 Å². The average molecular weight is 266 g/mol. The fraction of sp³-hybridized carbons (Fsp3) is 0.385. The molecule has 102 valence electrons. The summed E-state index contributed by atoms with van der Waals surface area (Å²) in [6.07, 6.45) is 0. The lowest BCUT2D eigenvalue weighted by Gasteiger charge is -2.34. The van der Waals surface area contributed by atoms with Gasteiger partial charge in [0, 0.05) is 33.1 Å². The van der Waals surface area contributed by atoms with Gasteiger partial charge in [0.15, 0.2) is 0 Å². The number of piperazine rings is 1. The minimum Gasteiger partial charge on any atom is -0.507 e. The number of amides is 2. The van der Waals surface area contributed by atoms with Crippen molar-refractivity contribution in [1.29, 1.82) is 0 Å². The van der Waals surface area contributed by atoms with Gasteiger partial charge in [-0.1, -0.05) is 0 Å². The number of phenolic OH excluding ortho intramolecular Hbond substituents is 1. The number of carbonyl (C=O) groups excluding carboxylic acids is 2. The van der Waals surface area contributed by atoms with Crippen molar-refractivity contribution in [2.24, 2.45) is 0 Å². The molecule has 1 N–H and O–H groups in total. The molecule has 0 radical (unpaired) electrons. The van der Waals surface area contributed by atoms with E-state index in [-0.39, 0.29) is 17.2 Å². The van der Waals surface area contributed by atoms with Crippen LogP contribution in [0.4, 0.5) is 4.39 Å². The van der Waals surface area contributed by atoms with E-state index in [2.05, 4.69) is 0 Å². The normalized spacial score (nSPS) is 15.5. The van der Waals surface area contributed by atoms with Crippen molar-refractivity contribution in [3.8, 4) is 5.75 Å². The van der Waals surface area contributed by atoms with E-state index in [0.29, 0.717) is 26.2 Å². The van der Waals surface area contributed by atoms with Crippen LogP contribution in [0.3, 0.4) is 0 Å². The molecule has 0 aromatic heterocycles. The molecular weight excluding hydrogens is 251 g/mol. The zero-order valence-electron chi connectivity index (χ0n) is 10.6. The van der Waals surface area contributed by atoms with Gasteiger partial charge in [-0.05, 0) is 18.2 Å². The first-order valence-corrected chi connectivity index (χ1v) is 6.02. The van der Waals surface area contributed by atoms with Crippen LogP contribution in [0.15, 0.2) is 18.2 Å². The predicted octanol–water partition coefficient (Wildman–Crippen LogP) is 0.836. The molecule has 2 amide bonds. The molecular formula is C13H15FN2O3. The number of benzene rings is 1. The highest BCUT2D eigenvalue weighted by atomic mass is 19.1. The maximum atomic E-state index is 13.1. The van der Waals surface area contributed by atoms with Crippen molar-refractivity contribution in [2.75, 3.05) is 26.2 Å². The summed E-state index contributed by atoms with van der Waals surface area (Å²) in [5, 5.41) is 9.60. The number of hydrogen-bond donors (Lipinski definition) is 1. The van der Waals surface area contributed by atoms with E-state index in [1.807, 2.05) is 0 Å². The van der Waals surface area contributed by atoms with Gasteiger partial charge in [0.1, 0.15) is 11.6 Å². The second kappa shape index (κ2) is 5.26. The fourth-order valence-electron chi connectivity index (χ4n) is 2.07. The summed E-state index contributed by atoms with van der Waals surface area (Å²) in [7, 11) is 0. The largest absolute Gasteiger partial charge is 0.507 e. The first kappa shape index (κ1) is 13.3. The van der Waals surface area contributed by atoms with Gasteiger partial charge in [-0.15, -0.1) is 0 Å². The predicted molar refractivity (Wildman–Crippen MR) is 66.2 cm³/mol. The number of halogens is 1. The molecule has 19 heavy (non-hydrogen) atoms. The quantitative estimate of drug-likeness (QED) is 0.819. The molecule has 2 rings (SSSR count). The van der Waals surface area contributed by atoms with Crippen LogP contribution in [0.25, 0.3) is 0 Å². The molecule has 1 saturated heterocycles. The second-order valence-electron chi connectivity index (χ2n) is 4.46. The molecule has 5 nitrogen and oxygen atoms in total. The van der Waals surface area contributed by atoms with Crippen LogP contribution in [-0.2, 0) is 4.79 Å². The summed E-state index contributed by atoms with van der Waals surface area (Å²) < 4.78 is 13.1. The molecule has 0 bridgehead atoms. The van der Waals surface area contributed by atoms with Crippen LogP contribution in [0, 0.1) is 5.82 Å². The first-order valence-electron chi connectivity index (χ1n) is 6.02. The molecule has 1 aliphatic rings. The monoisotopic (exact) mass is 266 g/mol. The third-order valence-electron chi connectivity index (χ3n) is 3.20. The molecule has 0 saturated carbocycles. The number of rotatable bonds is 1. The third-order valence-corrected chi connectivity index (χ3v) is 3.20. The van der Waals surface area contributed by atoms with Gasteiger partial charge in [0.2, 0.25) is 5.91 Å². The lowest BCUT2D eigenvalue weighted by Crippen LogP contribution is -2.50. The van der Waals surface area contributed by atoms with E-state index < -0.39 is 11.7 Å². The minimum atomic E-state index is -0.566. The summed E-state index contributed by atoms with van der Waals surface area (Å²) in [5.74, 6) is -1.25. The van der Waals surface area contributed by atoms with Gasteiger partial charge < -0.3 is 14.9 Å². The van der Waals surface area contributed by atoms with Crippen molar-refractivity contribution in [3.05, 3.63) is 29.6 Å². The Hall–Kier alpha value is -2.11.